The van der Waals surface area contributed by atoms with Gasteiger partial charge >= 0.3 is 5.97 Å². The number of fused-ring (bicyclic) bond motifs is 1. The predicted octanol–water partition coefficient (Wildman–Crippen LogP) is 0.344. The summed E-state index contributed by atoms with van der Waals surface area (Å²) < 4.78 is 16.3. The van der Waals surface area contributed by atoms with Crippen molar-refractivity contribution in [1.82, 2.24) is 15.2 Å². The van der Waals surface area contributed by atoms with Crippen molar-refractivity contribution in [3.05, 3.63) is 22.8 Å². The number of nitrogens with one attached hydrogen (secondary N) is 1. The van der Waals surface area contributed by atoms with Crippen LogP contribution in [0.3, 0.4) is 0 Å². The van der Waals surface area contributed by atoms with Crippen LogP contribution in [-0.2, 0) is 33.4 Å². The maximum atomic E-state index is 12.9. The zero-order valence-electron chi connectivity index (χ0n) is 19.0. The first-order valence-corrected chi connectivity index (χ1v) is 12.5. The first kappa shape index (κ1) is 25.9. The van der Waals surface area contributed by atoms with Gasteiger partial charge in [-0.2, -0.15) is 0 Å². The molecule has 0 aliphatic carbocycles. The van der Waals surface area contributed by atoms with Gasteiger partial charge in [0.15, 0.2) is 10.8 Å². The Morgan fingerprint density at radius 1 is 1.32 bits per heavy atom. The van der Waals surface area contributed by atoms with Crippen LogP contribution in [0.1, 0.15) is 19.5 Å². The van der Waals surface area contributed by atoms with E-state index in [9.17, 15) is 14.4 Å². The van der Waals surface area contributed by atoms with E-state index in [4.69, 9.17) is 24.8 Å². The number of β-lactam (4-membered cyclic amide) rings is 1. The Kier molecular flexibility index (Phi) is 9.27. The number of carbonyl (C=O) groups is 3. The number of ether oxygens (including phenoxy) is 3. The van der Waals surface area contributed by atoms with E-state index in [0.717, 1.165) is 11.3 Å². The van der Waals surface area contributed by atoms with Crippen molar-refractivity contribution < 1.29 is 33.4 Å². The van der Waals surface area contributed by atoms with E-state index in [1.807, 2.05) is 13.8 Å². The number of nitrogen functional groups attached to an aromatic ring is 1. The predicted molar refractivity (Wildman–Crippen MR) is 126 cm³/mol. The number of nitrogens with two attached hydrogens (primary N) is 1. The van der Waals surface area contributed by atoms with Crippen molar-refractivity contribution in [2.45, 2.75) is 31.4 Å². The average molecular weight is 514 g/mol. The summed E-state index contributed by atoms with van der Waals surface area (Å²) in [6, 6.07) is -0.852. The molecular weight excluding hydrogens is 486 g/mol. The van der Waals surface area contributed by atoms with Crippen LogP contribution in [0.4, 0.5) is 5.13 Å². The topological polar surface area (TPSA) is 155 Å². The smallest absolute Gasteiger partial charge is 0.355 e. The minimum absolute atomic E-state index is 0.104. The van der Waals surface area contributed by atoms with E-state index < -0.39 is 35.3 Å². The van der Waals surface area contributed by atoms with Gasteiger partial charge in [-0.1, -0.05) is 5.16 Å². The maximum Gasteiger partial charge on any atom is 0.355 e. The van der Waals surface area contributed by atoms with Crippen molar-refractivity contribution in [2.75, 3.05) is 45.0 Å². The van der Waals surface area contributed by atoms with E-state index in [1.54, 1.807) is 11.5 Å². The van der Waals surface area contributed by atoms with Crippen molar-refractivity contribution in [1.29, 1.82) is 0 Å². The highest BCUT2D eigenvalue weighted by Crippen LogP contribution is 2.38. The molecule has 1 fully saturated rings. The Labute approximate surface area is 204 Å². The molecule has 1 aromatic heterocycles. The van der Waals surface area contributed by atoms with Crippen LogP contribution in [0.5, 0.6) is 0 Å². The Morgan fingerprint density at radius 2 is 2.03 bits per heavy atom. The van der Waals surface area contributed by atoms with Gasteiger partial charge in [0.05, 0.1) is 13.2 Å². The lowest BCUT2D eigenvalue weighted by Gasteiger charge is -2.48. The SMILES string of the molecule is CCOCC(COCC)OC(=O)C1=CCS[C@@H]2C(NC(=O)C(=NOC)c3csc(N)n3)C(=O)N12. The largest absolute Gasteiger partial charge is 0.453 e. The summed E-state index contributed by atoms with van der Waals surface area (Å²) in [5.41, 5.74) is 5.91. The molecule has 0 radical (unpaired) electrons. The number of amides is 2. The molecule has 0 spiro atoms. The Balaban J connectivity index is 1.65. The summed E-state index contributed by atoms with van der Waals surface area (Å²) in [4.78, 5) is 48.7. The Bertz CT molecular complexity index is 959. The zero-order valence-corrected chi connectivity index (χ0v) is 20.6. The van der Waals surface area contributed by atoms with Crippen LogP contribution in [-0.4, -0.2) is 90.2 Å². The number of rotatable bonds is 12. The number of thioether (sulfide) groups is 1. The molecule has 1 unspecified atom stereocenters. The van der Waals surface area contributed by atoms with Gasteiger partial charge in [-0.3, -0.25) is 14.5 Å². The first-order chi connectivity index (χ1) is 16.4. The van der Waals surface area contributed by atoms with E-state index in [1.165, 1.54) is 23.8 Å². The molecule has 186 valence electrons. The van der Waals surface area contributed by atoms with Crippen LogP contribution in [0.2, 0.25) is 0 Å². The molecule has 2 aliphatic heterocycles. The fraction of sp³-hybridized carbons (Fsp3) is 0.550. The van der Waals surface area contributed by atoms with Gasteiger partial charge in [0, 0.05) is 24.3 Å². The van der Waals surface area contributed by atoms with Crippen LogP contribution < -0.4 is 11.1 Å². The summed E-state index contributed by atoms with van der Waals surface area (Å²) in [5.74, 6) is -1.26. The lowest BCUT2D eigenvalue weighted by molar-refractivity contribution is -0.159. The highest BCUT2D eigenvalue weighted by molar-refractivity contribution is 8.00. The van der Waals surface area contributed by atoms with Gasteiger partial charge in [0.2, 0.25) is 0 Å². The van der Waals surface area contributed by atoms with Gasteiger partial charge in [0.25, 0.3) is 11.8 Å². The molecule has 1 saturated heterocycles. The number of aromatic nitrogens is 1. The fourth-order valence-electron chi connectivity index (χ4n) is 3.26. The minimum atomic E-state index is -0.852. The van der Waals surface area contributed by atoms with Gasteiger partial charge in [0.1, 0.15) is 36.0 Å². The lowest BCUT2D eigenvalue weighted by Crippen LogP contribution is -2.70. The normalized spacial score (nSPS) is 19.9. The van der Waals surface area contributed by atoms with Crippen LogP contribution in [0.15, 0.2) is 22.3 Å². The second kappa shape index (κ2) is 12.1. The number of hydrogen-bond acceptors (Lipinski definition) is 12. The molecule has 34 heavy (non-hydrogen) atoms. The minimum Gasteiger partial charge on any atom is -0.453 e. The molecule has 3 heterocycles. The second-order valence-electron chi connectivity index (χ2n) is 7.01. The van der Waals surface area contributed by atoms with Gasteiger partial charge in [-0.25, -0.2) is 9.78 Å². The maximum absolute atomic E-state index is 12.9. The summed E-state index contributed by atoms with van der Waals surface area (Å²) >= 11 is 2.56. The molecule has 2 amide bonds. The van der Waals surface area contributed by atoms with Crippen LogP contribution in [0.25, 0.3) is 0 Å². The number of oxime groups is 1. The molecule has 0 aromatic carbocycles. The number of nitrogens with zero attached hydrogens (tertiary/aromatic N) is 3. The molecule has 2 atom stereocenters. The molecule has 14 heteroatoms. The van der Waals surface area contributed by atoms with Crippen molar-refractivity contribution in [2.24, 2.45) is 5.16 Å². The second-order valence-corrected chi connectivity index (χ2v) is 9.05. The number of carbonyl (C=O) groups excluding carboxylic acids is 3. The summed E-state index contributed by atoms with van der Waals surface area (Å²) in [6.07, 6.45) is 1.03. The van der Waals surface area contributed by atoms with Crippen molar-refractivity contribution in [3.8, 4) is 0 Å². The van der Waals surface area contributed by atoms with Crippen molar-refractivity contribution in [3.63, 3.8) is 0 Å². The molecule has 2 aliphatic rings. The zero-order chi connectivity index (χ0) is 24.7. The Morgan fingerprint density at radius 3 is 2.62 bits per heavy atom. The monoisotopic (exact) mass is 513 g/mol. The molecular formula is C20H27N5O7S2. The summed E-state index contributed by atoms with van der Waals surface area (Å²) in [7, 11) is 1.29. The van der Waals surface area contributed by atoms with Gasteiger partial charge in [-0.05, 0) is 19.9 Å². The lowest BCUT2D eigenvalue weighted by atomic mass is 10.0. The van der Waals surface area contributed by atoms with Gasteiger partial charge in [-0.15, -0.1) is 23.1 Å². The van der Waals surface area contributed by atoms with Crippen molar-refractivity contribution >= 4 is 51.7 Å². The molecule has 0 bridgehead atoms. The quantitative estimate of drug-likeness (QED) is 0.173. The third-order valence-electron chi connectivity index (χ3n) is 4.79. The van der Waals surface area contributed by atoms with Gasteiger partial charge < -0.3 is 30.1 Å². The summed E-state index contributed by atoms with van der Waals surface area (Å²) in [6.45, 7) is 4.98. The first-order valence-electron chi connectivity index (χ1n) is 10.6. The highest BCUT2D eigenvalue weighted by Gasteiger charge is 2.53. The average Bonchev–Trinajstić information content (AvgIpc) is 3.27. The molecule has 3 rings (SSSR count). The number of anilines is 1. The highest BCUT2D eigenvalue weighted by atomic mass is 32.2. The number of esters is 1. The fourth-order valence-corrected chi connectivity index (χ4v) is 5.00. The summed E-state index contributed by atoms with van der Waals surface area (Å²) in [5, 5.41) is 7.74. The third-order valence-corrected chi connectivity index (χ3v) is 6.65. The van der Waals surface area contributed by atoms with Crippen LogP contribution >= 0.6 is 23.1 Å². The molecule has 3 N–H and O–H groups in total. The van der Waals surface area contributed by atoms with Crippen LogP contribution in [0, 0.1) is 0 Å². The molecule has 12 nitrogen and oxygen atoms in total. The molecule has 1 aromatic rings. The Hall–Kier alpha value is -2.68. The van der Waals surface area contributed by atoms with E-state index in [2.05, 4.69) is 15.5 Å². The molecule has 0 saturated carbocycles. The van der Waals surface area contributed by atoms with E-state index >= 15 is 0 Å². The third kappa shape index (κ3) is 5.87. The number of hydrogen-bond donors (Lipinski definition) is 2. The standard InChI is InChI=1S/C20H27N5O7S2/c1-4-30-8-11(9-31-5-2)32-19(28)13-6-7-33-18-15(17(27)25(13)18)23-16(26)14(24-29-3)12-10-34-20(21)22-12/h6,10-11,15,18H,4-5,7-9H2,1-3H3,(H2,21,22)(H,23,26)/t15?,18-/m1/s1. The number of thiazole rings is 1. The van der Waals surface area contributed by atoms with E-state index in [0.29, 0.717) is 19.0 Å². The van der Waals surface area contributed by atoms with E-state index in [-0.39, 0.29) is 35.4 Å².